The highest BCUT2D eigenvalue weighted by Crippen LogP contribution is 2.30. The number of morpholine rings is 1. The van der Waals surface area contributed by atoms with E-state index in [1.165, 1.54) is 0 Å². The smallest absolute Gasteiger partial charge is 0.410 e. The summed E-state index contributed by atoms with van der Waals surface area (Å²) >= 11 is 0. The zero-order valence-electron chi connectivity index (χ0n) is 19.5. The van der Waals surface area contributed by atoms with Crippen molar-refractivity contribution in [3.63, 3.8) is 0 Å². The van der Waals surface area contributed by atoms with Crippen molar-refractivity contribution in [2.45, 2.75) is 13.8 Å². The van der Waals surface area contributed by atoms with Crippen LogP contribution in [0.2, 0.25) is 0 Å². The molecular formula is C25H29N5O4. The van der Waals surface area contributed by atoms with Gasteiger partial charge in [0.2, 0.25) is 0 Å². The van der Waals surface area contributed by atoms with E-state index in [4.69, 9.17) is 9.47 Å². The molecule has 0 radical (unpaired) electrons. The summed E-state index contributed by atoms with van der Waals surface area (Å²) in [5.74, 6) is 0.343. The number of ether oxygens (including phenoxy) is 2. The van der Waals surface area contributed by atoms with Gasteiger partial charge in [0.15, 0.2) is 5.43 Å². The number of nitrogens with one attached hydrogen (secondary N) is 1. The van der Waals surface area contributed by atoms with Gasteiger partial charge in [0.25, 0.3) is 0 Å². The second-order valence-corrected chi connectivity index (χ2v) is 8.40. The van der Waals surface area contributed by atoms with E-state index in [0.29, 0.717) is 42.8 Å². The Balaban J connectivity index is 1.52. The zero-order chi connectivity index (χ0) is 23.7. The van der Waals surface area contributed by atoms with Crippen molar-refractivity contribution in [1.29, 1.82) is 0 Å². The van der Waals surface area contributed by atoms with E-state index >= 15 is 0 Å². The third kappa shape index (κ3) is 4.01. The minimum absolute atomic E-state index is 0.108. The van der Waals surface area contributed by atoms with Crippen molar-refractivity contribution in [2.24, 2.45) is 0 Å². The normalized spacial score (nSPS) is 14.5. The molecule has 1 amide bonds. The van der Waals surface area contributed by atoms with E-state index < -0.39 is 6.09 Å². The summed E-state index contributed by atoms with van der Waals surface area (Å²) in [4.78, 5) is 34.7. The Morgan fingerprint density at radius 1 is 1.18 bits per heavy atom. The van der Waals surface area contributed by atoms with Gasteiger partial charge in [-0.05, 0) is 43.4 Å². The van der Waals surface area contributed by atoms with Gasteiger partial charge < -0.3 is 24.6 Å². The van der Waals surface area contributed by atoms with Gasteiger partial charge in [0.1, 0.15) is 12.1 Å². The van der Waals surface area contributed by atoms with Crippen LogP contribution in [-0.2, 0) is 4.74 Å². The molecule has 1 aliphatic heterocycles. The highest BCUT2D eigenvalue weighted by atomic mass is 16.6. The van der Waals surface area contributed by atoms with Crippen LogP contribution < -0.4 is 15.5 Å². The van der Waals surface area contributed by atoms with Gasteiger partial charge >= 0.3 is 6.09 Å². The number of aromatic nitrogens is 2. The van der Waals surface area contributed by atoms with Gasteiger partial charge in [-0.3, -0.25) is 9.20 Å². The lowest BCUT2D eigenvalue weighted by Crippen LogP contribution is -2.42. The first-order valence-electron chi connectivity index (χ1n) is 11.8. The van der Waals surface area contributed by atoms with Crippen LogP contribution in [0.1, 0.15) is 13.8 Å². The van der Waals surface area contributed by atoms with Crippen LogP contribution in [0, 0.1) is 0 Å². The standard InChI is InChI=1S/C25H29N5O4/c1-3-28(4-2)10-9-26-19-6-7-20-23-22(19)24(31)18-15-17(5-8-21(18)30(23)16-27-20)34-25(32)29-11-13-33-14-12-29/h5-8,15-16,26H,3-4,9-14H2,1-2H3. The monoisotopic (exact) mass is 463 g/mol. The fourth-order valence-corrected chi connectivity index (χ4v) is 4.57. The number of likely N-dealkylation sites (N-methyl/N-ethyl adjacent to an activating group) is 1. The molecule has 0 unspecified atom stereocenters. The largest absolute Gasteiger partial charge is 0.415 e. The van der Waals surface area contributed by atoms with Gasteiger partial charge in [-0.25, -0.2) is 9.78 Å². The molecule has 2 aromatic heterocycles. The van der Waals surface area contributed by atoms with Gasteiger partial charge in [-0.2, -0.15) is 0 Å². The van der Waals surface area contributed by atoms with Crippen LogP contribution in [0.4, 0.5) is 10.5 Å². The van der Waals surface area contributed by atoms with E-state index in [2.05, 4.69) is 29.0 Å². The van der Waals surface area contributed by atoms with E-state index in [-0.39, 0.29) is 5.43 Å². The summed E-state index contributed by atoms with van der Waals surface area (Å²) < 4.78 is 12.8. The zero-order valence-corrected chi connectivity index (χ0v) is 19.5. The number of anilines is 1. The molecule has 34 heavy (non-hydrogen) atoms. The summed E-state index contributed by atoms with van der Waals surface area (Å²) in [7, 11) is 0. The maximum atomic E-state index is 13.7. The predicted molar refractivity (Wildman–Crippen MR) is 132 cm³/mol. The molecule has 0 saturated carbocycles. The lowest BCUT2D eigenvalue weighted by Gasteiger charge is -2.25. The molecule has 0 aliphatic carbocycles. The number of fused-ring (bicyclic) bond motifs is 2. The lowest BCUT2D eigenvalue weighted by atomic mass is 10.1. The molecule has 9 heteroatoms. The molecule has 0 spiro atoms. The number of amides is 1. The molecule has 1 N–H and O–H groups in total. The second kappa shape index (κ2) is 9.44. The quantitative estimate of drug-likeness (QED) is 0.422. The summed E-state index contributed by atoms with van der Waals surface area (Å²) in [6.45, 7) is 9.83. The van der Waals surface area contributed by atoms with E-state index in [9.17, 15) is 9.59 Å². The highest BCUT2D eigenvalue weighted by molar-refractivity contribution is 6.07. The Hall–Kier alpha value is -3.43. The van der Waals surface area contributed by atoms with Crippen LogP contribution >= 0.6 is 0 Å². The third-order valence-electron chi connectivity index (χ3n) is 6.52. The molecule has 3 heterocycles. The number of carbonyl (C=O) groups excluding carboxylic acids is 1. The molecule has 1 aliphatic rings. The first-order chi connectivity index (χ1) is 16.6. The van der Waals surface area contributed by atoms with Crippen LogP contribution in [0.15, 0.2) is 41.5 Å². The molecule has 0 bridgehead atoms. The molecule has 1 fully saturated rings. The Morgan fingerprint density at radius 3 is 2.74 bits per heavy atom. The van der Waals surface area contributed by atoms with Gasteiger partial charge in [0.05, 0.1) is 40.5 Å². The molecule has 4 aromatic rings. The fourth-order valence-electron chi connectivity index (χ4n) is 4.57. The summed E-state index contributed by atoms with van der Waals surface area (Å²) in [5.41, 5.74) is 2.97. The third-order valence-corrected chi connectivity index (χ3v) is 6.52. The molecule has 1 saturated heterocycles. The minimum atomic E-state index is -0.435. The number of rotatable bonds is 7. The Labute approximate surface area is 197 Å². The molecule has 0 atom stereocenters. The van der Waals surface area contributed by atoms with Crippen molar-refractivity contribution in [2.75, 3.05) is 57.8 Å². The Kier molecular flexibility index (Phi) is 6.21. The van der Waals surface area contributed by atoms with Crippen LogP contribution in [-0.4, -0.2) is 77.8 Å². The van der Waals surface area contributed by atoms with Crippen LogP contribution in [0.3, 0.4) is 0 Å². The van der Waals surface area contributed by atoms with Crippen molar-refractivity contribution >= 4 is 39.1 Å². The van der Waals surface area contributed by atoms with Crippen molar-refractivity contribution in [3.05, 3.63) is 46.9 Å². The van der Waals surface area contributed by atoms with Gasteiger partial charge in [-0.15, -0.1) is 0 Å². The van der Waals surface area contributed by atoms with Crippen molar-refractivity contribution in [1.82, 2.24) is 19.2 Å². The average Bonchev–Trinajstić information content (AvgIpc) is 3.30. The highest BCUT2D eigenvalue weighted by Gasteiger charge is 2.21. The van der Waals surface area contributed by atoms with Gasteiger partial charge in [-0.1, -0.05) is 13.8 Å². The van der Waals surface area contributed by atoms with E-state index in [1.807, 2.05) is 16.5 Å². The topological polar surface area (TPSA) is 88.4 Å². The molecule has 9 nitrogen and oxygen atoms in total. The summed E-state index contributed by atoms with van der Waals surface area (Å²) in [6, 6.07) is 9.03. The summed E-state index contributed by atoms with van der Waals surface area (Å²) in [6.07, 6.45) is 1.30. The van der Waals surface area contributed by atoms with Gasteiger partial charge in [0, 0.05) is 31.9 Å². The maximum Gasteiger partial charge on any atom is 0.415 e. The van der Waals surface area contributed by atoms with Crippen molar-refractivity contribution in [3.8, 4) is 5.75 Å². The predicted octanol–water partition coefficient (Wildman–Crippen LogP) is 3.02. The number of hydrogen-bond acceptors (Lipinski definition) is 7. The number of carbonyl (C=O) groups is 1. The lowest BCUT2D eigenvalue weighted by molar-refractivity contribution is 0.0416. The Morgan fingerprint density at radius 2 is 1.97 bits per heavy atom. The second-order valence-electron chi connectivity index (χ2n) is 8.40. The number of benzene rings is 2. The van der Waals surface area contributed by atoms with E-state index in [1.54, 1.807) is 29.4 Å². The minimum Gasteiger partial charge on any atom is -0.410 e. The number of imidazole rings is 1. The average molecular weight is 464 g/mol. The molecule has 178 valence electrons. The first-order valence-corrected chi connectivity index (χ1v) is 11.8. The van der Waals surface area contributed by atoms with E-state index in [0.717, 1.165) is 48.4 Å². The van der Waals surface area contributed by atoms with Crippen molar-refractivity contribution < 1.29 is 14.3 Å². The van der Waals surface area contributed by atoms with Crippen LogP contribution in [0.5, 0.6) is 5.75 Å². The Bertz CT molecular complexity index is 1370. The number of nitrogens with zero attached hydrogens (tertiary/aromatic N) is 4. The molecule has 2 aromatic carbocycles. The van der Waals surface area contributed by atoms with Crippen LogP contribution in [0.25, 0.3) is 27.3 Å². The number of pyridine rings is 1. The first kappa shape index (κ1) is 22.4. The molecular weight excluding hydrogens is 434 g/mol. The molecule has 5 rings (SSSR count). The summed E-state index contributed by atoms with van der Waals surface area (Å²) in [5, 5.41) is 4.53. The maximum absolute atomic E-state index is 13.7. The number of hydrogen-bond donors (Lipinski definition) is 1. The SMILES string of the molecule is CCN(CC)CCNc1ccc2ncn3c4ccc(OC(=O)N5CCOCC5)cc4c(=O)c1c23. The fraction of sp³-hybridized carbons (Fsp3) is 0.400.